The summed E-state index contributed by atoms with van der Waals surface area (Å²) < 4.78 is 0. The van der Waals surface area contributed by atoms with Gasteiger partial charge in [-0.15, -0.1) is 0 Å². The quantitative estimate of drug-likeness (QED) is 0.604. The van der Waals surface area contributed by atoms with Crippen LogP contribution >= 0.6 is 0 Å². The molecule has 1 nitrogen and oxygen atoms in total. The van der Waals surface area contributed by atoms with Crippen LogP contribution in [0, 0.1) is 0 Å². The van der Waals surface area contributed by atoms with Crippen molar-refractivity contribution in [2.45, 2.75) is 0 Å². The van der Waals surface area contributed by atoms with Crippen LogP contribution in [-0.2, 0) is 4.79 Å². The van der Waals surface area contributed by atoms with Crippen LogP contribution in [-0.4, -0.2) is 35.3 Å². The minimum Gasteiger partial charge on any atom is -0.290 e. The molecule has 1 radical (unpaired) electrons. The third kappa shape index (κ3) is 5.84. The van der Waals surface area contributed by atoms with Crippen molar-refractivity contribution in [3.8, 4) is 0 Å². The maximum absolute atomic E-state index is 11.6. The number of hydrogen-bond acceptors (Lipinski definition) is 1. The molecule has 2 heteroatoms. The van der Waals surface area contributed by atoms with E-state index in [1.54, 1.807) is 12.2 Å². The molecular weight excluding hydrogens is 243 g/mol. The van der Waals surface area contributed by atoms with Crippen LogP contribution in [0.15, 0.2) is 72.8 Å². The summed E-state index contributed by atoms with van der Waals surface area (Å²) in [6, 6.07) is 19.6. The maximum Gasteiger partial charge on any atom is 0.178 e. The molecule has 89 valence electrons. The number of rotatable bonds is 4. The van der Waals surface area contributed by atoms with Crippen LogP contribution in [0.3, 0.4) is 0 Å². The van der Waals surface area contributed by atoms with E-state index in [0.29, 0.717) is 0 Å². The summed E-state index contributed by atoms with van der Waals surface area (Å²) in [5.41, 5.74) is 2.05. The summed E-state index contributed by atoms with van der Waals surface area (Å²) in [6.07, 6.45) is 6.79. The van der Waals surface area contributed by atoms with Gasteiger partial charge in [0.2, 0.25) is 0 Å². The Labute approximate surface area is 136 Å². The van der Waals surface area contributed by atoms with Crippen LogP contribution in [0.1, 0.15) is 11.1 Å². The number of carbonyl (C=O) groups excluding carboxylic acids is 1. The fourth-order valence-electron chi connectivity index (χ4n) is 1.54. The van der Waals surface area contributed by atoms with Gasteiger partial charge < -0.3 is 0 Å². The van der Waals surface area contributed by atoms with Gasteiger partial charge in [0.1, 0.15) is 0 Å². The van der Waals surface area contributed by atoms with Crippen LogP contribution in [0.2, 0.25) is 0 Å². The fourth-order valence-corrected chi connectivity index (χ4v) is 1.54. The molecule has 0 N–H and O–H groups in total. The maximum atomic E-state index is 11.6. The van der Waals surface area contributed by atoms with Crippen LogP contribution in [0.4, 0.5) is 0 Å². The van der Waals surface area contributed by atoms with Crippen molar-refractivity contribution in [2.24, 2.45) is 0 Å². The second-order valence-electron chi connectivity index (χ2n) is 3.89. The van der Waals surface area contributed by atoms with Gasteiger partial charge in [0, 0.05) is 29.6 Å². The first-order valence-corrected chi connectivity index (χ1v) is 5.85. The molecule has 0 unspecified atom stereocenters. The smallest absolute Gasteiger partial charge is 0.178 e. The van der Waals surface area contributed by atoms with E-state index in [0.717, 1.165) is 11.1 Å². The number of allylic oxidation sites excluding steroid dienone is 2. The molecule has 0 spiro atoms. The Morgan fingerprint density at radius 3 is 1.42 bits per heavy atom. The van der Waals surface area contributed by atoms with Gasteiger partial charge in [-0.25, -0.2) is 0 Å². The van der Waals surface area contributed by atoms with E-state index >= 15 is 0 Å². The summed E-state index contributed by atoms with van der Waals surface area (Å²) in [6.45, 7) is 0. The van der Waals surface area contributed by atoms with Gasteiger partial charge in [0.15, 0.2) is 5.78 Å². The number of ketones is 1. The normalized spacial score (nSPS) is 10.5. The van der Waals surface area contributed by atoms with Gasteiger partial charge in [-0.3, -0.25) is 4.79 Å². The van der Waals surface area contributed by atoms with Gasteiger partial charge in [0.25, 0.3) is 0 Å². The largest absolute Gasteiger partial charge is 0.290 e. The van der Waals surface area contributed by atoms with Gasteiger partial charge in [0.05, 0.1) is 0 Å². The summed E-state index contributed by atoms with van der Waals surface area (Å²) in [4.78, 5) is 11.6. The van der Waals surface area contributed by atoms with Crippen LogP contribution in [0.25, 0.3) is 12.2 Å². The molecule has 0 aliphatic heterocycles. The van der Waals surface area contributed by atoms with E-state index < -0.39 is 0 Å². The molecule has 0 aliphatic carbocycles. The van der Waals surface area contributed by atoms with Gasteiger partial charge in [-0.2, -0.15) is 0 Å². The first-order valence-electron chi connectivity index (χ1n) is 5.85. The summed E-state index contributed by atoms with van der Waals surface area (Å²) in [5.74, 6) is -0.0114. The summed E-state index contributed by atoms with van der Waals surface area (Å²) >= 11 is 0. The molecule has 0 heterocycles. The zero-order valence-corrected chi connectivity index (χ0v) is 13.0. The van der Waals surface area contributed by atoms with Gasteiger partial charge in [-0.1, -0.05) is 72.8 Å². The summed E-state index contributed by atoms with van der Waals surface area (Å²) in [5, 5.41) is 0. The van der Waals surface area contributed by atoms with Crippen molar-refractivity contribution in [1.82, 2.24) is 0 Å². The van der Waals surface area contributed by atoms with E-state index in [1.807, 2.05) is 72.8 Å². The van der Waals surface area contributed by atoms with Gasteiger partial charge in [-0.05, 0) is 23.3 Å². The first-order chi connectivity index (χ1) is 8.84. The molecule has 0 fully saturated rings. The zero-order chi connectivity index (χ0) is 12.6. The number of carbonyl (C=O) groups is 1. The second-order valence-corrected chi connectivity index (χ2v) is 3.89. The van der Waals surface area contributed by atoms with Crippen LogP contribution in [0.5, 0.6) is 0 Å². The van der Waals surface area contributed by atoms with Crippen molar-refractivity contribution in [2.75, 3.05) is 0 Å². The zero-order valence-electron chi connectivity index (χ0n) is 11.0. The molecule has 19 heavy (non-hydrogen) atoms. The van der Waals surface area contributed by atoms with Crippen molar-refractivity contribution in [1.29, 1.82) is 0 Å². The third-order valence-electron chi connectivity index (χ3n) is 2.48. The van der Waals surface area contributed by atoms with E-state index in [1.165, 1.54) is 0 Å². The topological polar surface area (TPSA) is 17.1 Å². The van der Waals surface area contributed by atoms with Crippen molar-refractivity contribution >= 4 is 47.5 Å². The standard InChI is InChI=1S/C17H14O.Na/c18-17(13-11-15-7-3-1-4-8-15)14-12-16-9-5-2-6-10-16;/h1-14H;. The minimum absolute atomic E-state index is 0. The van der Waals surface area contributed by atoms with Crippen LogP contribution < -0.4 is 0 Å². The molecule has 0 bridgehead atoms. The molecule has 0 aromatic heterocycles. The average molecular weight is 257 g/mol. The van der Waals surface area contributed by atoms with E-state index in [9.17, 15) is 4.79 Å². The Balaban J connectivity index is 0.00000180. The Hall–Kier alpha value is -1.41. The third-order valence-corrected chi connectivity index (χ3v) is 2.48. The second kappa shape index (κ2) is 8.65. The summed E-state index contributed by atoms with van der Waals surface area (Å²) in [7, 11) is 0. The molecule has 2 aromatic carbocycles. The first kappa shape index (κ1) is 15.6. The van der Waals surface area contributed by atoms with E-state index in [4.69, 9.17) is 0 Å². The Morgan fingerprint density at radius 1 is 0.684 bits per heavy atom. The molecule has 0 saturated carbocycles. The predicted molar refractivity (Wildman–Crippen MR) is 81.7 cm³/mol. The molecule has 0 saturated heterocycles. The molecule has 2 aromatic rings. The van der Waals surface area contributed by atoms with E-state index in [-0.39, 0.29) is 35.3 Å². The monoisotopic (exact) mass is 257 g/mol. The Bertz CT molecular complexity index is 505. The van der Waals surface area contributed by atoms with Crippen molar-refractivity contribution < 1.29 is 4.79 Å². The van der Waals surface area contributed by atoms with Gasteiger partial charge >= 0.3 is 0 Å². The van der Waals surface area contributed by atoms with E-state index in [2.05, 4.69) is 0 Å². The minimum atomic E-state index is -0.0114. The van der Waals surface area contributed by atoms with Crippen molar-refractivity contribution in [3.05, 3.63) is 83.9 Å². The molecule has 0 aliphatic rings. The number of benzene rings is 2. The fraction of sp³-hybridized carbons (Fsp3) is 0. The molecule has 2 rings (SSSR count). The SMILES string of the molecule is O=C(C=Cc1ccccc1)C=Cc1ccccc1.[Na]. The Morgan fingerprint density at radius 2 is 1.05 bits per heavy atom. The predicted octanol–water partition coefficient (Wildman–Crippen LogP) is 3.60. The average Bonchev–Trinajstić information content (AvgIpc) is 2.45. The molecule has 0 atom stereocenters. The van der Waals surface area contributed by atoms with Crippen molar-refractivity contribution in [3.63, 3.8) is 0 Å². The molecule has 0 amide bonds. The Kier molecular flexibility index (Phi) is 7.12. The number of hydrogen-bond donors (Lipinski definition) is 0. The molecular formula is C17H14NaO.